The molecule has 186 valence electrons. The highest BCUT2D eigenvalue weighted by Crippen LogP contribution is 2.42. The summed E-state index contributed by atoms with van der Waals surface area (Å²) < 4.78 is 2.15. The van der Waals surface area contributed by atoms with Crippen molar-refractivity contribution < 1.29 is 4.92 Å². The number of rotatable bonds is 5. The molecule has 0 spiro atoms. The maximum Gasteiger partial charge on any atom is 0.278 e. The lowest BCUT2D eigenvalue weighted by Gasteiger charge is -2.26. The number of anilines is 3. The van der Waals surface area contributed by atoms with E-state index in [2.05, 4.69) is 39.6 Å². The summed E-state index contributed by atoms with van der Waals surface area (Å²) >= 11 is 0. The topological polar surface area (TPSA) is 50.8 Å². The van der Waals surface area contributed by atoms with E-state index in [1.54, 1.807) is 6.07 Å². The van der Waals surface area contributed by atoms with Crippen LogP contribution in [0.5, 0.6) is 0 Å². The Kier molecular flexibility index (Phi) is 5.34. The first-order chi connectivity index (χ1) is 19.2. The van der Waals surface area contributed by atoms with Gasteiger partial charge in [-0.15, -0.1) is 0 Å². The maximum absolute atomic E-state index is 12.3. The number of benzene rings is 5. The number of para-hydroxylation sites is 3. The van der Waals surface area contributed by atoms with Crippen molar-refractivity contribution in [3.05, 3.63) is 150 Å². The summed E-state index contributed by atoms with van der Waals surface area (Å²) in [6, 6.07) is 46.1. The molecule has 0 unspecified atom stereocenters. The fraction of sp³-hybridized carbons (Fsp3) is 0. The van der Waals surface area contributed by atoms with Gasteiger partial charge in [0.05, 0.1) is 27.2 Å². The molecule has 0 aliphatic rings. The summed E-state index contributed by atoms with van der Waals surface area (Å²) in [6.45, 7) is 0. The van der Waals surface area contributed by atoms with Crippen molar-refractivity contribution in [3.63, 3.8) is 0 Å². The largest absolute Gasteiger partial charge is 0.310 e. The van der Waals surface area contributed by atoms with Crippen LogP contribution in [0.3, 0.4) is 0 Å². The number of hydrogen-bond acceptors (Lipinski definition) is 3. The number of nitrogens with zero attached hydrogens (tertiary/aromatic N) is 3. The second kappa shape index (κ2) is 9.15. The molecule has 0 amide bonds. The molecule has 0 aliphatic carbocycles. The van der Waals surface area contributed by atoms with Crippen LogP contribution in [0.4, 0.5) is 22.7 Å². The van der Waals surface area contributed by atoms with Crippen LogP contribution in [-0.2, 0) is 0 Å². The number of pyridine rings is 1. The number of nitro groups is 1. The molecule has 7 rings (SSSR count). The van der Waals surface area contributed by atoms with Crippen molar-refractivity contribution in [2.45, 2.75) is 0 Å². The van der Waals surface area contributed by atoms with Gasteiger partial charge in [0.1, 0.15) is 0 Å². The van der Waals surface area contributed by atoms with E-state index in [-0.39, 0.29) is 10.6 Å². The molecular formula is C34H23N3O2. The van der Waals surface area contributed by atoms with Crippen LogP contribution in [0, 0.1) is 10.1 Å². The summed E-state index contributed by atoms with van der Waals surface area (Å²) in [6.07, 6.45) is 0. The Balaban J connectivity index is 1.54. The zero-order chi connectivity index (χ0) is 26.3. The molecule has 0 saturated carbocycles. The molecule has 39 heavy (non-hydrogen) atoms. The molecule has 0 atom stereocenters. The van der Waals surface area contributed by atoms with Crippen LogP contribution in [-0.4, -0.2) is 9.32 Å². The smallest absolute Gasteiger partial charge is 0.278 e. The predicted molar refractivity (Wildman–Crippen MR) is 159 cm³/mol. The Hall–Kier alpha value is -5.42. The average Bonchev–Trinajstić information content (AvgIpc) is 3.44. The van der Waals surface area contributed by atoms with E-state index in [9.17, 15) is 10.1 Å². The second-order valence-corrected chi connectivity index (χ2v) is 9.47. The molecule has 5 aromatic carbocycles. The summed E-state index contributed by atoms with van der Waals surface area (Å²) in [5.74, 6) is 0. The van der Waals surface area contributed by atoms with Crippen LogP contribution < -0.4 is 4.90 Å². The van der Waals surface area contributed by atoms with Crippen molar-refractivity contribution in [1.82, 2.24) is 4.40 Å². The zero-order valence-corrected chi connectivity index (χ0v) is 20.9. The first-order valence-corrected chi connectivity index (χ1v) is 12.8. The number of nitro benzene ring substituents is 1. The van der Waals surface area contributed by atoms with Crippen molar-refractivity contribution in [2.75, 3.05) is 4.90 Å². The van der Waals surface area contributed by atoms with Crippen molar-refractivity contribution in [1.29, 1.82) is 0 Å². The molecule has 5 heteroatoms. The third kappa shape index (κ3) is 3.71. The SMILES string of the molecule is O=[N+]([O-])c1ccc(N(c2ccccc2)c2ccccc2)cc1-c1ccc2c3ccccc3c3ccccc3n12. The standard InChI is InChI=1S/C34H23N3O2/c38-37(39)34-20-19-26(35(24-11-3-1-4-12-24)25-13-5-2-6-14-25)23-30(34)33-22-21-32-29-16-8-7-15-27(29)28-17-9-10-18-31(28)36(32)33/h1-23H. The highest BCUT2D eigenvalue weighted by Gasteiger charge is 2.23. The highest BCUT2D eigenvalue weighted by molar-refractivity contribution is 6.13. The van der Waals surface area contributed by atoms with E-state index < -0.39 is 0 Å². The quantitative estimate of drug-likeness (QED) is 0.133. The Morgan fingerprint density at radius 2 is 1.08 bits per heavy atom. The van der Waals surface area contributed by atoms with Crippen LogP contribution >= 0.6 is 0 Å². The van der Waals surface area contributed by atoms with Gasteiger partial charge in [-0.1, -0.05) is 78.9 Å². The minimum atomic E-state index is -0.295. The molecule has 0 N–H and O–H groups in total. The third-order valence-electron chi connectivity index (χ3n) is 7.26. The highest BCUT2D eigenvalue weighted by atomic mass is 16.6. The van der Waals surface area contributed by atoms with E-state index >= 15 is 0 Å². The summed E-state index contributed by atoms with van der Waals surface area (Å²) in [5, 5.41) is 15.7. The molecule has 5 nitrogen and oxygen atoms in total. The average molecular weight is 506 g/mol. The first-order valence-electron chi connectivity index (χ1n) is 12.8. The van der Waals surface area contributed by atoms with E-state index in [1.165, 1.54) is 0 Å². The van der Waals surface area contributed by atoms with Gasteiger partial charge in [-0.3, -0.25) is 10.1 Å². The molecule has 7 aromatic rings. The van der Waals surface area contributed by atoms with E-state index in [0.717, 1.165) is 49.9 Å². The van der Waals surface area contributed by atoms with Gasteiger partial charge in [-0.2, -0.15) is 0 Å². The van der Waals surface area contributed by atoms with Crippen LogP contribution in [0.2, 0.25) is 0 Å². The van der Waals surface area contributed by atoms with Gasteiger partial charge in [0.2, 0.25) is 0 Å². The Bertz CT molecular complexity index is 1960. The maximum atomic E-state index is 12.3. The van der Waals surface area contributed by atoms with Gasteiger partial charge >= 0.3 is 0 Å². The molecular weight excluding hydrogens is 482 g/mol. The Labute approximate surface area is 224 Å². The number of aromatic nitrogens is 1. The fourth-order valence-electron chi connectivity index (χ4n) is 5.58. The van der Waals surface area contributed by atoms with Crippen LogP contribution in [0.1, 0.15) is 0 Å². The molecule has 2 aromatic heterocycles. The minimum absolute atomic E-state index is 0.0667. The lowest BCUT2D eigenvalue weighted by atomic mass is 10.0. The number of fused-ring (bicyclic) bond motifs is 6. The van der Waals surface area contributed by atoms with Gasteiger partial charge in [0, 0.05) is 33.9 Å². The van der Waals surface area contributed by atoms with Gasteiger partial charge in [0.25, 0.3) is 5.69 Å². The van der Waals surface area contributed by atoms with E-state index in [1.807, 2.05) is 103 Å². The zero-order valence-electron chi connectivity index (χ0n) is 20.9. The fourth-order valence-corrected chi connectivity index (χ4v) is 5.58. The molecule has 0 radical (unpaired) electrons. The lowest BCUT2D eigenvalue weighted by molar-refractivity contribution is -0.384. The lowest BCUT2D eigenvalue weighted by Crippen LogP contribution is -2.10. The molecule has 0 saturated heterocycles. The van der Waals surface area contributed by atoms with Crippen molar-refractivity contribution in [2.24, 2.45) is 0 Å². The Morgan fingerprint density at radius 3 is 1.69 bits per heavy atom. The van der Waals surface area contributed by atoms with Crippen LogP contribution in [0.25, 0.3) is 38.4 Å². The first kappa shape index (κ1) is 22.8. The summed E-state index contributed by atoms with van der Waals surface area (Å²) in [7, 11) is 0. The van der Waals surface area contributed by atoms with E-state index in [4.69, 9.17) is 0 Å². The Morgan fingerprint density at radius 1 is 0.538 bits per heavy atom. The van der Waals surface area contributed by atoms with E-state index in [0.29, 0.717) is 5.56 Å². The molecule has 2 heterocycles. The van der Waals surface area contributed by atoms with Crippen molar-refractivity contribution in [3.8, 4) is 11.3 Å². The molecule has 0 bridgehead atoms. The normalized spacial score (nSPS) is 11.3. The molecule has 0 fully saturated rings. The summed E-state index contributed by atoms with van der Waals surface area (Å²) in [4.78, 5) is 14.2. The second-order valence-electron chi connectivity index (χ2n) is 9.47. The monoisotopic (exact) mass is 505 g/mol. The molecule has 0 aliphatic heterocycles. The van der Waals surface area contributed by atoms with Crippen molar-refractivity contribution >= 4 is 49.9 Å². The van der Waals surface area contributed by atoms with Crippen LogP contribution in [0.15, 0.2) is 140 Å². The van der Waals surface area contributed by atoms with Gasteiger partial charge < -0.3 is 9.30 Å². The van der Waals surface area contributed by atoms with Gasteiger partial charge in [-0.05, 0) is 60.0 Å². The third-order valence-corrected chi connectivity index (χ3v) is 7.26. The predicted octanol–water partition coefficient (Wildman–Crippen LogP) is 9.29. The summed E-state index contributed by atoms with van der Waals surface area (Å²) in [5.41, 5.74) is 6.22. The van der Waals surface area contributed by atoms with Gasteiger partial charge in [0.15, 0.2) is 0 Å². The number of hydrogen-bond donors (Lipinski definition) is 0. The minimum Gasteiger partial charge on any atom is -0.310 e. The van der Waals surface area contributed by atoms with Gasteiger partial charge in [-0.25, -0.2) is 0 Å².